The summed E-state index contributed by atoms with van der Waals surface area (Å²) in [5.74, 6) is 0. The number of hydrogen-bond donors (Lipinski definition) is 0. The van der Waals surface area contributed by atoms with Crippen LogP contribution in [0.2, 0.25) is 0 Å². The summed E-state index contributed by atoms with van der Waals surface area (Å²) in [6, 6.07) is 23.6. The summed E-state index contributed by atoms with van der Waals surface area (Å²) in [5.41, 5.74) is 2.81. The molecule has 0 atom stereocenters. The van der Waals surface area contributed by atoms with Gasteiger partial charge < -0.3 is 0 Å². The molecule has 0 aliphatic heterocycles. The number of rotatable bonds is 5. The summed E-state index contributed by atoms with van der Waals surface area (Å²) >= 11 is 5.95. The van der Waals surface area contributed by atoms with Gasteiger partial charge in [0.05, 0.1) is 18.8 Å². The van der Waals surface area contributed by atoms with E-state index in [0.29, 0.717) is 0 Å². The molecule has 34 heavy (non-hydrogen) atoms. The molecule has 0 nitrogen and oxygen atoms in total. The van der Waals surface area contributed by atoms with Crippen molar-refractivity contribution in [1.29, 1.82) is 0 Å². The smallest absolute Gasteiger partial charge is 0.0642 e. The molecule has 0 aliphatic carbocycles. The van der Waals surface area contributed by atoms with E-state index in [1.54, 1.807) is 0 Å². The van der Waals surface area contributed by atoms with E-state index in [2.05, 4.69) is 74.5 Å². The molecule has 0 fully saturated rings. The second-order valence-corrected chi connectivity index (χ2v) is 12.8. The molecular weight excluding hydrogens is 469 g/mol. The molecule has 0 unspecified atom stereocenters. The number of unbranched alkanes of at least 4 members (excludes halogenated alkanes) is 3. The van der Waals surface area contributed by atoms with Gasteiger partial charge in [0, 0.05) is 20.2 Å². The van der Waals surface area contributed by atoms with E-state index in [4.69, 9.17) is 0 Å². The molecule has 0 spiro atoms. The van der Waals surface area contributed by atoms with Crippen LogP contribution in [-0.4, -0.2) is 0 Å². The van der Waals surface area contributed by atoms with Crippen LogP contribution in [0.25, 0.3) is 60.5 Å². The van der Waals surface area contributed by atoms with E-state index < -0.39 is 0 Å². The molecule has 0 saturated carbocycles. The highest BCUT2D eigenvalue weighted by molar-refractivity contribution is 7.43. The SMILES string of the molecule is CCCCCCc1ccc2cc3sc4c(sc5c6cc7cc(C)ccc7cc6sc54)c3cc2c1. The fourth-order valence-electron chi connectivity index (χ4n) is 5.32. The van der Waals surface area contributed by atoms with Crippen LogP contribution in [0.15, 0.2) is 60.7 Å². The highest BCUT2D eigenvalue weighted by atomic mass is 32.1. The quantitative estimate of drug-likeness (QED) is 0.209. The van der Waals surface area contributed by atoms with Crippen LogP contribution < -0.4 is 0 Å². The Hall–Kier alpha value is -2.46. The van der Waals surface area contributed by atoms with Crippen molar-refractivity contribution in [2.75, 3.05) is 0 Å². The lowest BCUT2D eigenvalue weighted by molar-refractivity contribution is 0.667. The Kier molecular flexibility index (Phi) is 4.94. The molecule has 7 aromatic rings. The predicted octanol–water partition coefficient (Wildman–Crippen LogP) is 11.2. The van der Waals surface area contributed by atoms with E-state index in [1.807, 2.05) is 34.0 Å². The largest absolute Gasteiger partial charge is 0.133 e. The first-order valence-corrected chi connectivity index (χ1v) is 14.8. The predicted molar refractivity (Wildman–Crippen MR) is 158 cm³/mol. The third kappa shape index (κ3) is 3.29. The molecule has 7 rings (SSSR count). The molecule has 3 aromatic heterocycles. The molecule has 3 heterocycles. The number of fused-ring (bicyclic) bond motifs is 9. The molecule has 0 saturated heterocycles. The number of thiophene rings is 3. The monoisotopic (exact) mass is 494 g/mol. The van der Waals surface area contributed by atoms with Gasteiger partial charge in [-0.05, 0) is 71.1 Å². The minimum absolute atomic E-state index is 1.20. The average Bonchev–Trinajstić information content (AvgIpc) is 3.47. The Balaban J connectivity index is 1.39. The topological polar surface area (TPSA) is 0 Å². The van der Waals surface area contributed by atoms with E-state index in [1.165, 1.54) is 104 Å². The lowest BCUT2D eigenvalue weighted by Crippen LogP contribution is -1.86. The molecule has 3 heteroatoms. The Bertz CT molecular complexity index is 1860. The van der Waals surface area contributed by atoms with Crippen molar-refractivity contribution in [2.24, 2.45) is 0 Å². The van der Waals surface area contributed by atoms with E-state index >= 15 is 0 Å². The van der Waals surface area contributed by atoms with Crippen molar-refractivity contribution in [3.63, 3.8) is 0 Å². The van der Waals surface area contributed by atoms with Crippen LogP contribution in [0.1, 0.15) is 43.7 Å². The van der Waals surface area contributed by atoms with Gasteiger partial charge in [0.2, 0.25) is 0 Å². The van der Waals surface area contributed by atoms with Crippen molar-refractivity contribution in [1.82, 2.24) is 0 Å². The second-order valence-electron chi connectivity index (χ2n) is 9.66. The Morgan fingerprint density at radius 3 is 1.88 bits per heavy atom. The van der Waals surface area contributed by atoms with Gasteiger partial charge in [0.1, 0.15) is 0 Å². The van der Waals surface area contributed by atoms with Crippen molar-refractivity contribution in [3.05, 3.63) is 71.8 Å². The molecule has 0 N–H and O–H groups in total. The third-order valence-corrected chi connectivity index (χ3v) is 11.1. The van der Waals surface area contributed by atoms with Crippen LogP contribution >= 0.6 is 34.0 Å². The highest BCUT2D eigenvalue weighted by Gasteiger charge is 2.17. The van der Waals surface area contributed by atoms with Gasteiger partial charge in [-0.25, -0.2) is 0 Å². The number of hydrogen-bond acceptors (Lipinski definition) is 3. The van der Waals surface area contributed by atoms with E-state index in [0.717, 1.165) is 0 Å². The van der Waals surface area contributed by atoms with Crippen molar-refractivity contribution in [3.8, 4) is 0 Å². The maximum Gasteiger partial charge on any atom is 0.0642 e. The van der Waals surface area contributed by atoms with Gasteiger partial charge in [-0.2, -0.15) is 0 Å². The summed E-state index contributed by atoms with van der Waals surface area (Å²) in [6.07, 6.45) is 6.48. The molecule has 0 bridgehead atoms. The van der Waals surface area contributed by atoms with Gasteiger partial charge in [0.25, 0.3) is 0 Å². The Labute approximate surface area is 211 Å². The van der Waals surface area contributed by atoms with Crippen LogP contribution in [-0.2, 0) is 6.42 Å². The first-order chi connectivity index (χ1) is 16.7. The minimum Gasteiger partial charge on any atom is -0.133 e. The van der Waals surface area contributed by atoms with Crippen molar-refractivity contribution >= 4 is 94.5 Å². The zero-order chi connectivity index (χ0) is 22.8. The van der Waals surface area contributed by atoms with Gasteiger partial charge in [-0.3, -0.25) is 0 Å². The highest BCUT2D eigenvalue weighted by Crippen LogP contribution is 2.51. The maximum atomic E-state index is 2.46. The van der Waals surface area contributed by atoms with Crippen LogP contribution in [0, 0.1) is 6.92 Å². The standard InChI is InChI=1S/C31H26S3/c1-3-4-5-6-7-19-9-11-21-17-27-25(15-23(21)13-19)29-31(33-27)30-28(34-29)24-14-22-12-18(2)8-10-20(22)16-26(24)32-30/h8-17H,3-7H2,1-2H3. The zero-order valence-corrected chi connectivity index (χ0v) is 22.0. The van der Waals surface area contributed by atoms with Gasteiger partial charge in [-0.15, -0.1) is 34.0 Å². The van der Waals surface area contributed by atoms with Gasteiger partial charge in [0.15, 0.2) is 0 Å². The van der Waals surface area contributed by atoms with Gasteiger partial charge in [-0.1, -0.05) is 68.1 Å². The molecule has 168 valence electrons. The fourth-order valence-corrected chi connectivity index (χ4v) is 9.63. The lowest BCUT2D eigenvalue weighted by Gasteiger charge is -2.04. The summed E-state index contributed by atoms with van der Waals surface area (Å²) in [7, 11) is 0. The zero-order valence-electron chi connectivity index (χ0n) is 19.5. The Morgan fingerprint density at radius 2 is 1.21 bits per heavy atom. The fraction of sp³-hybridized carbons (Fsp3) is 0.226. The molecule has 0 amide bonds. The summed E-state index contributed by atoms with van der Waals surface area (Å²) in [5, 5.41) is 8.32. The second kappa shape index (κ2) is 8.05. The number of aryl methyl sites for hydroxylation is 2. The minimum atomic E-state index is 1.20. The summed E-state index contributed by atoms with van der Waals surface area (Å²) < 4.78 is 8.73. The van der Waals surface area contributed by atoms with Crippen molar-refractivity contribution < 1.29 is 0 Å². The molecule has 0 radical (unpaired) electrons. The third-order valence-electron chi connectivity index (χ3n) is 7.15. The molecule has 4 aromatic carbocycles. The lowest BCUT2D eigenvalue weighted by atomic mass is 10.0. The van der Waals surface area contributed by atoms with Crippen LogP contribution in [0.4, 0.5) is 0 Å². The van der Waals surface area contributed by atoms with E-state index in [-0.39, 0.29) is 0 Å². The summed E-state index contributed by atoms with van der Waals surface area (Å²) in [4.78, 5) is 0. The van der Waals surface area contributed by atoms with Crippen molar-refractivity contribution in [2.45, 2.75) is 46.0 Å². The van der Waals surface area contributed by atoms with Gasteiger partial charge >= 0.3 is 0 Å². The van der Waals surface area contributed by atoms with E-state index in [9.17, 15) is 0 Å². The molecular formula is C31H26S3. The first-order valence-electron chi connectivity index (χ1n) is 12.3. The van der Waals surface area contributed by atoms with Crippen LogP contribution in [0.3, 0.4) is 0 Å². The summed E-state index contributed by atoms with van der Waals surface area (Å²) in [6.45, 7) is 4.46. The Morgan fingerprint density at radius 1 is 0.559 bits per heavy atom. The molecule has 0 aliphatic rings. The first kappa shape index (κ1) is 20.9. The van der Waals surface area contributed by atoms with Crippen LogP contribution in [0.5, 0.6) is 0 Å². The number of benzene rings is 4. The average molecular weight is 495 g/mol. The normalized spacial score (nSPS) is 12.4. The maximum absolute atomic E-state index is 2.46.